The normalized spacial score (nSPS) is 10.4. The fourth-order valence-electron chi connectivity index (χ4n) is 1.11. The quantitative estimate of drug-likeness (QED) is 0.631. The van der Waals surface area contributed by atoms with Gasteiger partial charge < -0.3 is 10.1 Å². The SMILES string of the molecule is Cc1ncc(-c2n[nH]nc2C(=O)O)[nH]1. The summed E-state index contributed by atoms with van der Waals surface area (Å²) in [4.78, 5) is 17.5. The van der Waals surface area contributed by atoms with E-state index in [1.165, 1.54) is 6.20 Å². The van der Waals surface area contributed by atoms with Crippen molar-refractivity contribution in [3.05, 3.63) is 17.7 Å². The summed E-state index contributed by atoms with van der Waals surface area (Å²) >= 11 is 0. The van der Waals surface area contributed by atoms with Gasteiger partial charge in [-0.3, -0.25) is 0 Å². The van der Waals surface area contributed by atoms with Crippen LogP contribution in [0.15, 0.2) is 6.20 Å². The van der Waals surface area contributed by atoms with Crippen molar-refractivity contribution in [1.82, 2.24) is 25.4 Å². The standard InChI is InChI=1S/C7H7N5O2/c1-3-8-2-4(9-3)5-6(7(13)14)11-12-10-5/h2H,1H3,(H,8,9)(H,13,14)(H,10,11,12). The lowest BCUT2D eigenvalue weighted by Crippen LogP contribution is -1.99. The van der Waals surface area contributed by atoms with E-state index in [4.69, 9.17) is 5.11 Å². The lowest BCUT2D eigenvalue weighted by molar-refractivity contribution is 0.0691. The summed E-state index contributed by atoms with van der Waals surface area (Å²) in [5.41, 5.74) is 0.681. The average Bonchev–Trinajstić information content (AvgIpc) is 2.70. The zero-order chi connectivity index (χ0) is 10.1. The minimum Gasteiger partial charge on any atom is -0.476 e. The number of aromatic nitrogens is 5. The van der Waals surface area contributed by atoms with Gasteiger partial charge >= 0.3 is 5.97 Å². The highest BCUT2D eigenvalue weighted by atomic mass is 16.4. The van der Waals surface area contributed by atoms with E-state index in [1.807, 2.05) is 0 Å². The second-order valence-corrected chi connectivity index (χ2v) is 2.71. The molecule has 0 amide bonds. The van der Waals surface area contributed by atoms with E-state index in [9.17, 15) is 4.79 Å². The van der Waals surface area contributed by atoms with Crippen molar-refractivity contribution in [3.8, 4) is 11.4 Å². The molecule has 0 radical (unpaired) electrons. The number of aryl methyl sites for hydroxylation is 1. The van der Waals surface area contributed by atoms with Crippen molar-refractivity contribution >= 4 is 5.97 Å². The predicted molar refractivity (Wildman–Crippen MR) is 45.7 cm³/mol. The number of rotatable bonds is 2. The lowest BCUT2D eigenvalue weighted by atomic mass is 10.2. The number of aromatic amines is 2. The van der Waals surface area contributed by atoms with Crippen LogP contribution in [0.3, 0.4) is 0 Å². The molecule has 0 unspecified atom stereocenters. The minimum atomic E-state index is -1.12. The Morgan fingerprint density at radius 1 is 1.50 bits per heavy atom. The molecule has 0 aliphatic rings. The molecule has 0 bridgehead atoms. The lowest BCUT2D eigenvalue weighted by Gasteiger charge is -1.90. The Bertz CT molecular complexity index is 472. The van der Waals surface area contributed by atoms with E-state index >= 15 is 0 Å². The average molecular weight is 193 g/mol. The van der Waals surface area contributed by atoms with Crippen LogP contribution in [0.5, 0.6) is 0 Å². The van der Waals surface area contributed by atoms with E-state index in [1.54, 1.807) is 6.92 Å². The summed E-state index contributed by atoms with van der Waals surface area (Å²) in [7, 11) is 0. The molecule has 0 aliphatic carbocycles. The molecule has 2 rings (SSSR count). The van der Waals surface area contributed by atoms with Crippen LogP contribution in [0.4, 0.5) is 0 Å². The van der Waals surface area contributed by atoms with Crippen molar-refractivity contribution in [3.63, 3.8) is 0 Å². The third-order valence-electron chi connectivity index (χ3n) is 1.71. The highest BCUT2D eigenvalue weighted by Crippen LogP contribution is 2.16. The number of H-pyrrole nitrogens is 2. The molecule has 0 fully saturated rings. The first-order chi connectivity index (χ1) is 6.68. The molecule has 2 aromatic rings. The third-order valence-corrected chi connectivity index (χ3v) is 1.71. The van der Waals surface area contributed by atoms with E-state index in [2.05, 4.69) is 25.4 Å². The number of hydrogen-bond acceptors (Lipinski definition) is 4. The van der Waals surface area contributed by atoms with Crippen LogP contribution in [0.2, 0.25) is 0 Å². The van der Waals surface area contributed by atoms with Crippen LogP contribution in [0.25, 0.3) is 11.4 Å². The van der Waals surface area contributed by atoms with Crippen molar-refractivity contribution in [1.29, 1.82) is 0 Å². The molecular weight excluding hydrogens is 186 g/mol. The van der Waals surface area contributed by atoms with Crippen LogP contribution in [0.1, 0.15) is 16.3 Å². The molecule has 2 heterocycles. The van der Waals surface area contributed by atoms with Crippen LogP contribution in [-0.4, -0.2) is 36.5 Å². The fourth-order valence-corrected chi connectivity index (χ4v) is 1.11. The van der Waals surface area contributed by atoms with Gasteiger partial charge in [0.05, 0.1) is 11.9 Å². The largest absolute Gasteiger partial charge is 0.476 e. The van der Waals surface area contributed by atoms with Gasteiger partial charge in [0, 0.05) is 0 Å². The Labute approximate surface area is 78.2 Å². The van der Waals surface area contributed by atoms with E-state index in [0.29, 0.717) is 11.5 Å². The minimum absolute atomic E-state index is 0.117. The number of imidazole rings is 1. The molecule has 0 aromatic carbocycles. The first kappa shape index (κ1) is 8.42. The van der Waals surface area contributed by atoms with Crippen molar-refractivity contribution in [2.75, 3.05) is 0 Å². The van der Waals surface area contributed by atoms with E-state index in [0.717, 1.165) is 0 Å². The summed E-state index contributed by atoms with van der Waals surface area (Å²) in [6.45, 7) is 1.77. The summed E-state index contributed by atoms with van der Waals surface area (Å²) in [5.74, 6) is -0.430. The summed E-state index contributed by atoms with van der Waals surface area (Å²) in [6, 6.07) is 0. The Hall–Kier alpha value is -2.18. The van der Waals surface area contributed by atoms with Crippen LogP contribution in [0, 0.1) is 6.92 Å². The Morgan fingerprint density at radius 3 is 2.86 bits per heavy atom. The zero-order valence-corrected chi connectivity index (χ0v) is 7.27. The van der Waals surface area contributed by atoms with Gasteiger partial charge in [0.25, 0.3) is 0 Å². The molecular formula is C7H7N5O2. The molecule has 3 N–H and O–H groups in total. The molecule has 2 aromatic heterocycles. The molecule has 0 saturated heterocycles. The van der Waals surface area contributed by atoms with Gasteiger partial charge in [-0.25, -0.2) is 9.78 Å². The topological polar surface area (TPSA) is 108 Å². The summed E-state index contributed by atoms with van der Waals surface area (Å²) in [5, 5.41) is 18.3. The van der Waals surface area contributed by atoms with Gasteiger partial charge in [-0.2, -0.15) is 10.3 Å². The number of carbonyl (C=O) groups is 1. The van der Waals surface area contributed by atoms with Gasteiger partial charge in [-0.1, -0.05) is 0 Å². The highest BCUT2D eigenvalue weighted by Gasteiger charge is 2.17. The maximum atomic E-state index is 10.7. The second-order valence-electron chi connectivity index (χ2n) is 2.71. The van der Waals surface area contributed by atoms with Crippen LogP contribution >= 0.6 is 0 Å². The fraction of sp³-hybridized carbons (Fsp3) is 0.143. The highest BCUT2D eigenvalue weighted by molar-refractivity contribution is 5.91. The smallest absolute Gasteiger partial charge is 0.358 e. The van der Waals surface area contributed by atoms with Gasteiger partial charge in [-0.05, 0) is 6.92 Å². The van der Waals surface area contributed by atoms with E-state index < -0.39 is 5.97 Å². The molecule has 7 nitrogen and oxygen atoms in total. The van der Waals surface area contributed by atoms with Gasteiger partial charge in [0.15, 0.2) is 5.69 Å². The number of aromatic carboxylic acids is 1. The molecule has 0 spiro atoms. The third kappa shape index (κ3) is 1.24. The molecule has 72 valence electrons. The molecule has 0 atom stereocenters. The van der Waals surface area contributed by atoms with Gasteiger partial charge in [0.2, 0.25) is 0 Å². The van der Waals surface area contributed by atoms with E-state index in [-0.39, 0.29) is 11.4 Å². The molecule has 7 heteroatoms. The van der Waals surface area contributed by atoms with Crippen molar-refractivity contribution in [2.24, 2.45) is 0 Å². The maximum Gasteiger partial charge on any atom is 0.358 e. The summed E-state index contributed by atoms with van der Waals surface area (Å²) < 4.78 is 0. The molecule has 0 saturated carbocycles. The maximum absolute atomic E-state index is 10.7. The Morgan fingerprint density at radius 2 is 2.29 bits per heavy atom. The number of hydrogen-bond donors (Lipinski definition) is 3. The molecule has 14 heavy (non-hydrogen) atoms. The van der Waals surface area contributed by atoms with Crippen molar-refractivity contribution < 1.29 is 9.90 Å². The molecule has 0 aliphatic heterocycles. The first-order valence-electron chi connectivity index (χ1n) is 3.84. The zero-order valence-electron chi connectivity index (χ0n) is 7.27. The van der Waals surface area contributed by atoms with Gasteiger partial charge in [-0.15, -0.1) is 5.10 Å². The van der Waals surface area contributed by atoms with Crippen molar-refractivity contribution in [2.45, 2.75) is 6.92 Å². The summed E-state index contributed by atoms with van der Waals surface area (Å²) in [6.07, 6.45) is 1.51. The first-order valence-corrected chi connectivity index (χ1v) is 3.84. The number of nitrogens with one attached hydrogen (secondary N) is 2. The second kappa shape index (κ2) is 2.95. The number of nitrogens with zero attached hydrogens (tertiary/aromatic N) is 3. The Balaban J connectivity index is 2.51. The monoisotopic (exact) mass is 193 g/mol. The van der Waals surface area contributed by atoms with Crippen LogP contribution in [-0.2, 0) is 0 Å². The number of carboxylic acid groups (broad SMARTS) is 1. The predicted octanol–water partition coefficient (Wildman–Crippen LogP) is 0.201. The van der Waals surface area contributed by atoms with Crippen LogP contribution < -0.4 is 0 Å². The van der Waals surface area contributed by atoms with Gasteiger partial charge in [0.1, 0.15) is 11.5 Å². The number of carboxylic acids is 1. The Kier molecular flexibility index (Phi) is 1.77.